The minimum absolute atomic E-state index is 0.0370. The van der Waals surface area contributed by atoms with Gasteiger partial charge in [0.2, 0.25) is 4.77 Å². The molecule has 2 aromatic carbocycles. The van der Waals surface area contributed by atoms with Crippen molar-refractivity contribution in [1.29, 1.82) is 0 Å². The Morgan fingerprint density at radius 1 is 1.26 bits per heavy atom. The van der Waals surface area contributed by atoms with E-state index < -0.39 is 0 Å². The number of aromatic amines is 1. The standard InChI is InChI=1S/C19H21N5O2S/c1-4-26-16-7-5-6-14(17(16)25)12-20-24-18(21-22-19(24)27)13-8-10-15(11-9-13)23(2)3/h5-12,25H,4H2,1-3H3,(H,22,27). The maximum atomic E-state index is 10.3. The van der Waals surface area contributed by atoms with Crippen molar-refractivity contribution < 1.29 is 9.84 Å². The first-order valence-corrected chi connectivity index (χ1v) is 8.86. The summed E-state index contributed by atoms with van der Waals surface area (Å²) in [6, 6.07) is 13.2. The first-order chi connectivity index (χ1) is 13.0. The van der Waals surface area contributed by atoms with Crippen molar-refractivity contribution in [1.82, 2.24) is 14.9 Å². The van der Waals surface area contributed by atoms with Gasteiger partial charge in [-0.3, -0.25) is 0 Å². The SMILES string of the molecule is CCOc1cccc(C=Nn2c(-c3ccc(N(C)C)cc3)n[nH]c2=S)c1O. The lowest BCUT2D eigenvalue weighted by atomic mass is 10.2. The number of benzene rings is 2. The number of ether oxygens (including phenoxy) is 1. The highest BCUT2D eigenvalue weighted by molar-refractivity contribution is 7.71. The van der Waals surface area contributed by atoms with Crippen molar-refractivity contribution in [3.63, 3.8) is 0 Å². The van der Waals surface area contributed by atoms with Crippen molar-refractivity contribution in [2.45, 2.75) is 6.92 Å². The summed E-state index contributed by atoms with van der Waals surface area (Å²) in [4.78, 5) is 2.02. The molecule has 7 nitrogen and oxygen atoms in total. The van der Waals surface area contributed by atoms with E-state index >= 15 is 0 Å². The molecule has 0 atom stereocenters. The van der Waals surface area contributed by atoms with Crippen molar-refractivity contribution in [3.05, 3.63) is 52.8 Å². The number of phenols is 1. The zero-order valence-electron chi connectivity index (χ0n) is 15.4. The molecule has 0 radical (unpaired) electrons. The van der Waals surface area contributed by atoms with Crippen LogP contribution in [-0.2, 0) is 0 Å². The number of H-pyrrole nitrogens is 1. The van der Waals surface area contributed by atoms with Crippen LogP contribution in [0.3, 0.4) is 0 Å². The quantitative estimate of drug-likeness (QED) is 0.502. The zero-order valence-corrected chi connectivity index (χ0v) is 16.2. The van der Waals surface area contributed by atoms with Crippen molar-refractivity contribution in [2.75, 3.05) is 25.6 Å². The highest BCUT2D eigenvalue weighted by Gasteiger charge is 2.10. The second-order valence-electron chi connectivity index (χ2n) is 5.98. The molecule has 3 rings (SSSR count). The van der Waals surface area contributed by atoms with E-state index in [0.29, 0.717) is 28.5 Å². The van der Waals surface area contributed by atoms with Crippen LogP contribution in [0.5, 0.6) is 11.5 Å². The Bertz CT molecular complexity index is 1010. The van der Waals surface area contributed by atoms with E-state index in [4.69, 9.17) is 17.0 Å². The maximum Gasteiger partial charge on any atom is 0.216 e. The third kappa shape index (κ3) is 4.01. The minimum Gasteiger partial charge on any atom is -0.504 e. The molecule has 0 aliphatic rings. The lowest BCUT2D eigenvalue weighted by molar-refractivity contribution is 0.318. The molecule has 2 N–H and O–H groups in total. The van der Waals surface area contributed by atoms with Crippen LogP contribution in [-0.4, -0.2) is 46.9 Å². The number of rotatable bonds is 6. The van der Waals surface area contributed by atoms with E-state index in [1.807, 2.05) is 50.2 Å². The molecule has 0 fully saturated rings. The van der Waals surface area contributed by atoms with Gasteiger partial charge in [0.15, 0.2) is 17.3 Å². The summed E-state index contributed by atoms with van der Waals surface area (Å²) in [5.41, 5.74) is 2.48. The smallest absolute Gasteiger partial charge is 0.216 e. The van der Waals surface area contributed by atoms with Crippen molar-refractivity contribution in [2.24, 2.45) is 5.10 Å². The number of nitrogens with one attached hydrogen (secondary N) is 1. The van der Waals surface area contributed by atoms with E-state index in [-0.39, 0.29) is 5.75 Å². The van der Waals surface area contributed by atoms with Gasteiger partial charge < -0.3 is 14.7 Å². The Morgan fingerprint density at radius 2 is 2.00 bits per heavy atom. The maximum absolute atomic E-state index is 10.3. The predicted molar refractivity (Wildman–Crippen MR) is 109 cm³/mol. The van der Waals surface area contributed by atoms with Gasteiger partial charge in [-0.25, -0.2) is 5.10 Å². The van der Waals surface area contributed by atoms with Crippen LogP contribution in [0.15, 0.2) is 47.6 Å². The van der Waals surface area contributed by atoms with Gasteiger partial charge in [0.05, 0.1) is 12.8 Å². The average molecular weight is 383 g/mol. The fourth-order valence-electron chi connectivity index (χ4n) is 2.53. The first-order valence-electron chi connectivity index (χ1n) is 8.45. The number of para-hydroxylation sites is 1. The van der Waals surface area contributed by atoms with Crippen LogP contribution in [0.2, 0.25) is 0 Å². The summed E-state index contributed by atoms with van der Waals surface area (Å²) in [6.45, 7) is 2.33. The first kappa shape index (κ1) is 18.7. The predicted octanol–water partition coefficient (Wildman–Crippen LogP) is 3.66. The molecule has 0 bridgehead atoms. The number of hydrogen-bond donors (Lipinski definition) is 2. The molecule has 8 heteroatoms. The Kier molecular flexibility index (Phi) is 5.56. The topological polar surface area (TPSA) is 78.7 Å². The van der Waals surface area contributed by atoms with E-state index in [1.165, 1.54) is 10.9 Å². The monoisotopic (exact) mass is 383 g/mol. The van der Waals surface area contributed by atoms with Gasteiger partial charge in [-0.05, 0) is 55.5 Å². The van der Waals surface area contributed by atoms with Crippen LogP contribution in [0.25, 0.3) is 11.4 Å². The molecule has 1 aromatic heterocycles. The van der Waals surface area contributed by atoms with E-state index in [1.54, 1.807) is 18.2 Å². The zero-order chi connectivity index (χ0) is 19.4. The number of aromatic hydroxyl groups is 1. The Hall–Kier alpha value is -3.13. The third-order valence-corrected chi connectivity index (χ3v) is 4.20. The van der Waals surface area contributed by atoms with Crippen LogP contribution >= 0.6 is 12.2 Å². The average Bonchev–Trinajstić information content (AvgIpc) is 3.03. The fourth-order valence-corrected chi connectivity index (χ4v) is 2.71. The number of anilines is 1. The summed E-state index contributed by atoms with van der Waals surface area (Å²) in [5, 5.41) is 21.7. The molecule has 1 heterocycles. The van der Waals surface area contributed by atoms with Crippen LogP contribution < -0.4 is 9.64 Å². The largest absolute Gasteiger partial charge is 0.504 e. The van der Waals surface area contributed by atoms with Crippen LogP contribution in [0.1, 0.15) is 12.5 Å². The van der Waals surface area contributed by atoms with Gasteiger partial charge in [-0.1, -0.05) is 6.07 Å². The number of hydrogen-bond acceptors (Lipinski definition) is 6. The van der Waals surface area contributed by atoms with Crippen molar-refractivity contribution >= 4 is 24.1 Å². The molecule has 0 aliphatic carbocycles. The summed E-state index contributed by atoms with van der Waals surface area (Å²) in [7, 11) is 3.97. The molecule has 0 unspecified atom stereocenters. The normalized spacial score (nSPS) is 11.1. The minimum atomic E-state index is 0.0370. The highest BCUT2D eigenvalue weighted by Crippen LogP contribution is 2.28. The van der Waals surface area contributed by atoms with Gasteiger partial charge in [-0.15, -0.1) is 0 Å². The summed E-state index contributed by atoms with van der Waals surface area (Å²) in [5.74, 6) is 1.04. The second-order valence-corrected chi connectivity index (χ2v) is 6.36. The lowest BCUT2D eigenvalue weighted by Crippen LogP contribution is -2.08. The fraction of sp³-hybridized carbons (Fsp3) is 0.211. The third-order valence-electron chi connectivity index (χ3n) is 3.93. The lowest BCUT2D eigenvalue weighted by Gasteiger charge is -2.12. The van der Waals surface area contributed by atoms with Crippen molar-refractivity contribution in [3.8, 4) is 22.9 Å². The molecule has 0 saturated carbocycles. The second kappa shape index (κ2) is 8.05. The Balaban J connectivity index is 1.95. The summed E-state index contributed by atoms with van der Waals surface area (Å²) in [6.07, 6.45) is 1.53. The van der Waals surface area contributed by atoms with E-state index in [2.05, 4.69) is 15.3 Å². The van der Waals surface area contributed by atoms with E-state index in [0.717, 1.165) is 11.3 Å². The number of phenolic OH excluding ortho intramolecular Hbond substituents is 1. The summed E-state index contributed by atoms with van der Waals surface area (Å²) >= 11 is 5.29. The van der Waals surface area contributed by atoms with Crippen LogP contribution in [0, 0.1) is 4.77 Å². The van der Waals surface area contributed by atoms with Gasteiger partial charge in [0.25, 0.3) is 0 Å². The van der Waals surface area contributed by atoms with Crippen LogP contribution in [0.4, 0.5) is 5.69 Å². The van der Waals surface area contributed by atoms with E-state index in [9.17, 15) is 5.11 Å². The molecule has 0 spiro atoms. The molecule has 0 aliphatic heterocycles. The molecular weight excluding hydrogens is 362 g/mol. The summed E-state index contributed by atoms with van der Waals surface area (Å²) < 4.78 is 7.28. The molecule has 0 amide bonds. The molecule has 0 saturated heterocycles. The number of aromatic nitrogens is 3. The molecular formula is C19H21N5O2S. The molecule has 140 valence electrons. The highest BCUT2D eigenvalue weighted by atomic mass is 32.1. The van der Waals surface area contributed by atoms with Gasteiger partial charge in [0.1, 0.15) is 0 Å². The van der Waals surface area contributed by atoms with Gasteiger partial charge in [0, 0.05) is 30.9 Å². The van der Waals surface area contributed by atoms with Gasteiger partial charge >= 0.3 is 0 Å². The number of nitrogens with zero attached hydrogens (tertiary/aromatic N) is 4. The Morgan fingerprint density at radius 3 is 2.67 bits per heavy atom. The van der Waals surface area contributed by atoms with Gasteiger partial charge in [-0.2, -0.15) is 14.9 Å². The molecule has 3 aromatic rings. The molecule has 27 heavy (non-hydrogen) atoms. The Labute approximate surface area is 162 Å².